The van der Waals surface area contributed by atoms with Crippen molar-refractivity contribution >= 4 is 5.91 Å². The van der Waals surface area contributed by atoms with E-state index in [0.29, 0.717) is 12.1 Å². The monoisotopic (exact) mass is 356 g/mol. The molecule has 140 valence electrons. The van der Waals surface area contributed by atoms with Crippen LogP contribution in [0, 0.1) is 0 Å². The normalized spacial score (nSPS) is 12.1. The Bertz CT molecular complexity index is 764. The topological polar surface area (TPSA) is 79.2 Å². The van der Waals surface area contributed by atoms with Crippen molar-refractivity contribution in [3.63, 3.8) is 0 Å². The van der Waals surface area contributed by atoms with Crippen molar-refractivity contribution in [2.24, 2.45) is 0 Å². The van der Waals surface area contributed by atoms with Gasteiger partial charge in [-0.05, 0) is 34.4 Å². The molecule has 26 heavy (non-hydrogen) atoms. The largest absolute Gasteiger partial charge is 0.479 e. The molecule has 2 rings (SSSR count). The third-order valence-electron chi connectivity index (χ3n) is 4.69. The van der Waals surface area contributed by atoms with Crippen LogP contribution in [0.2, 0.25) is 0 Å². The van der Waals surface area contributed by atoms with Crippen molar-refractivity contribution in [2.75, 3.05) is 13.6 Å². The van der Waals surface area contributed by atoms with Gasteiger partial charge >= 0.3 is 6.01 Å². The van der Waals surface area contributed by atoms with Gasteiger partial charge in [0.25, 0.3) is 5.91 Å². The van der Waals surface area contributed by atoms with Gasteiger partial charge in [0.2, 0.25) is 0 Å². The lowest BCUT2D eigenvalue weighted by Crippen LogP contribution is -2.32. The van der Waals surface area contributed by atoms with Crippen molar-refractivity contribution in [2.45, 2.75) is 51.9 Å². The van der Waals surface area contributed by atoms with Gasteiger partial charge in [-0.1, -0.05) is 34.6 Å². The summed E-state index contributed by atoms with van der Waals surface area (Å²) in [6.45, 7) is 11.0. The zero-order valence-electron chi connectivity index (χ0n) is 16.4. The van der Waals surface area contributed by atoms with Crippen LogP contribution in [0.4, 0.5) is 0 Å². The lowest BCUT2D eigenvalue weighted by molar-refractivity contribution is 0.0785. The lowest BCUT2D eigenvalue weighted by atomic mass is 9.83. The molecule has 0 saturated heterocycles. The quantitative estimate of drug-likeness (QED) is 0.889. The molecule has 0 saturated carbocycles. The summed E-state index contributed by atoms with van der Waals surface area (Å²) < 4.78 is 0. The smallest absolute Gasteiger partial charge is 0.313 e. The number of carbonyl (C=O) groups excluding carboxylic acids is 1. The van der Waals surface area contributed by atoms with E-state index >= 15 is 0 Å². The molecule has 0 bridgehead atoms. The molecule has 2 heterocycles. The minimum atomic E-state index is -0.233. The summed E-state index contributed by atoms with van der Waals surface area (Å²) in [7, 11) is 1.80. The van der Waals surface area contributed by atoms with Gasteiger partial charge in [-0.3, -0.25) is 9.78 Å². The molecule has 0 aromatic carbocycles. The molecule has 2 aromatic rings. The SMILES string of the molecule is CN(CCC(C)(C)c1cnc(O)nc1)C(=O)c1cncc(C(C)(C)C)c1. The van der Waals surface area contributed by atoms with Crippen LogP contribution in [0.1, 0.15) is 62.5 Å². The Morgan fingerprint density at radius 2 is 1.65 bits per heavy atom. The van der Waals surface area contributed by atoms with Crippen LogP contribution in [0.15, 0.2) is 30.9 Å². The number of pyridine rings is 1. The highest BCUT2D eigenvalue weighted by Gasteiger charge is 2.24. The van der Waals surface area contributed by atoms with Gasteiger partial charge in [0.05, 0.1) is 5.56 Å². The van der Waals surface area contributed by atoms with E-state index in [2.05, 4.69) is 49.6 Å². The first kappa shape index (κ1) is 19.8. The zero-order chi connectivity index (χ0) is 19.5. The average Bonchev–Trinajstić information content (AvgIpc) is 2.59. The van der Waals surface area contributed by atoms with Crippen molar-refractivity contribution in [1.29, 1.82) is 0 Å². The Morgan fingerprint density at radius 1 is 1.04 bits per heavy atom. The van der Waals surface area contributed by atoms with Gasteiger partial charge in [-0.15, -0.1) is 0 Å². The molecule has 0 aliphatic carbocycles. The molecule has 6 nitrogen and oxygen atoms in total. The molecule has 1 amide bonds. The van der Waals surface area contributed by atoms with Crippen LogP contribution in [0.5, 0.6) is 6.01 Å². The molecule has 0 atom stereocenters. The zero-order valence-corrected chi connectivity index (χ0v) is 16.4. The fourth-order valence-electron chi connectivity index (χ4n) is 2.55. The van der Waals surface area contributed by atoms with Crippen molar-refractivity contribution < 1.29 is 9.90 Å². The first-order valence-corrected chi connectivity index (χ1v) is 8.73. The van der Waals surface area contributed by atoms with Gasteiger partial charge in [0, 0.05) is 38.4 Å². The number of hydrogen-bond donors (Lipinski definition) is 1. The summed E-state index contributed by atoms with van der Waals surface area (Å²) >= 11 is 0. The maximum absolute atomic E-state index is 12.8. The third kappa shape index (κ3) is 4.77. The molecule has 0 radical (unpaired) electrons. The van der Waals surface area contributed by atoms with E-state index in [1.165, 1.54) is 0 Å². The molecule has 1 N–H and O–H groups in total. The molecular formula is C20H28N4O2. The molecule has 6 heteroatoms. The van der Waals surface area contributed by atoms with Gasteiger partial charge in [-0.25, -0.2) is 9.97 Å². The Labute approximate surface area is 155 Å². The second kappa shape index (κ2) is 7.40. The highest BCUT2D eigenvalue weighted by molar-refractivity contribution is 5.93. The Kier molecular flexibility index (Phi) is 5.64. The lowest BCUT2D eigenvalue weighted by Gasteiger charge is -2.28. The van der Waals surface area contributed by atoms with Gasteiger partial charge in [-0.2, -0.15) is 0 Å². The summed E-state index contributed by atoms with van der Waals surface area (Å²) in [5, 5.41) is 9.24. The van der Waals surface area contributed by atoms with E-state index in [4.69, 9.17) is 0 Å². The minimum Gasteiger partial charge on any atom is -0.479 e. The van der Waals surface area contributed by atoms with E-state index in [1.807, 2.05) is 12.3 Å². The Hall–Kier alpha value is -2.50. The minimum absolute atomic E-state index is 0.0404. The van der Waals surface area contributed by atoms with E-state index in [9.17, 15) is 9.90 Å². The van der Waals surface area contributed by atoms with Gasteiger partial charge in [0.1, 0.15) is 0 Å². The molecule has 0 unspecified atom stereocenters. The van der Waals surface area contributed by atoms with Crippen LogP contribution in [-0.2, 0) is 10.8 Å². The summed E-state index contributed by atoms with van der Waals surface area (Å²) in [6.07, 6.45) is 7.43. The molecular weight excluding hydrogens is 328 g/mol. The average molecular weight is 356 g/mol. The van der Waals surface area contributed by atoms with Crippen molar-refractivity contribution in [3.8, 4) is 6.01 Å². The van der Waals surface area contributed by atoms with Crippen molar-refractivity contribution in [3.05, 3.63) is 47.5 Å². The maximum atomic E-state index is 12.8. The highest BCUT2D eigenvalue weighted by atomic mass is 16.3. The van der Waals surface area contributed by atoms with E-state index in [0.717, 1.165) is 17.5 Å². The standard InChI is InChI=1S/C20H28N4O2/c1-19(2,3)15-9-14(10-21-11-15)17(25)24(6)8-7-20(4,5)16-12-22-18(26)23-13-16/h9-13H,7-8H2,1-6H3,(H,22,23,26). The predicted molar refractivity (Wildman–Crippen MR) is 101 cm³/mol. The highest BCUT2D eigenvalue weighted by Crippen LogP contribution is 2.27. The van der Waals surface area contributed by atoms with Crippen molar-refractivity contribution in [1.82, 2.24) is 19.9 Å². The van der Waals surface area contributed by atoms with Crippen LogP contribution in [0.3, 0.4) is 0 Å². The van der Waals surface area contributed by atoms with Crippen LogP contribution in [-0.4, -0.2) is 44.5 Å². The summed E-state index contributed by atoms with van der Waals surface area (Å²) in [5.74, 6) is -0.0404. The third-order valence-corrected chi connectivity index (χ3v) is 4.69. The molecule has 0 aliphatic heterocycles. The number of hydrogen-bond acceptors (Lipinski definition) is 5. The van der Waals surface area contributed by atoms with E-state index in [1.54, 1.807) is 30.5 Å². The Balaban J connectivity index is 2.06. The molecule has 0 aliphatic rings. The molecule has 0 spiro atoms. The number of rotatable bonds is 5. The van der Waals surface area contributed by atoms with Crippen LogP contribution in [0.25, 0.3) is 0 Å². The maximum Gasteiger partial charge on any atom is 0.313 e. The first-order valence-electron chi connectivity index (χ1n) is 8.73. The second-order valence-corrected chi connectivity index (χ2v) is 8.34. The fraction of sp³-hybridized carbons (Fsp3) is 0.500. The number of amides is 1. The first-order chi connectivity index (χ1) is 12.0. The summed E-state index contributed by atoms with van der Waals surface area (Å²) in [4.78, 5) is 26.4. The van der Waals surface area contributed by atoms with Gasteiger partial charge in [0.15, 0.2) is 0 Å². The number of nitrogens with zero attached hydrogens (tertiary/aromatic N) is 4. The molecule has 0 fully saturated rings. The van der Waals surface area contributed by atoms with Gasteiger partial charge < -0.3 is 10.0 Å². The Morgan fingerprint density at radius 3 is 2.23 bits per heavy atom. The second-order valence-electron chi connectivity index (χ2n) is 8.34. The predicted octanol–water partition coefficient (Wildman–Crippen LogP) is 3.31. The fourth-order valence-corrected chi connectivity index (χ4v) is 2.55. The van der Waals surface area contributed by atoms with E-state index < -0.39 is 0 Å². The summed E-state index contributed by atoms with van der Waals surface area (Å²) in [5.41, 5.74) is 2.30. The van der Waals surface area contributed by atoms with Crippen LogP contribution < -0.4 is 0 Å². The van der Waals surface area contributed by atoms with Crippen LogP contribution >= 0.6 is 0 Å². The number of aromatic nitrogens is 3. The number of carbonyl (C=O) groups is 1. The summed E-state index contributed by atoms with van der Waals surface area (Å²) in [6, 6.07) is 1.69. The molecule has 2 aromatic heterocycles. The van der Waals surface area contributed by atoms with E-state index in [-0.39, 0.29) is 22.7 Å². The number of aromatic hydroxyl groups is 1.